The van der Waals surface area contributed by atoms with Gasteiger partial charge in [0.25, 0.3) is 0 Å². The molecule has 5 heteroatoms. The molecule has 1 aromatic heterocycles. The van der Waals surface area contributed by atoms with Crippen LogP contribution in [0.25, 0.3) is 11.1 Å². The van der Waals surface area contributed by atoms with Crippen molar-refractivity contribution < 1.29 is 13.9 Å². The molecule has 3 nitrogen and oxygen atoms in total. The molecule has 1 unspecified atom stereocenters. The molecule has 2 aromatic carbocycles. The molecule has 27 heavy (non-hydrogen) atoms. The number of amides is 1. The van der Waals surface area contributed by atoms with Gasteiger partial charge in [-0.2, -0.15) is 0 Å². The molecule has 2 heterocycles. The zero-order valence-electron chi connectivity index (χ0n) is 14.6. The maximum atomic E-state index is 13.7. The molecule has 0 radical (unpaired) electrons. The van der Waals surface area contributed by atoms with Gasteiger partial charge in [-0.05, 0) is 23.8 Å². The Labute approximate surface area is 161 Å². The van der Waals surface area contributed by atoms with Crippen molar-refractivity contribution in [1.82, 2.24) is 0 Å². The Hall–Kier alpha value is -2.92. The summed E-state index contributed by atoms with van der Waals surface area (Å²) in [5.74, 6) is 0.308. The number of fused-ring (bicyclic) bond motifs is 1. The van der Waals surface area contributed by atoms with Crippen LogP contribution in [0, 0.1) is 5.82 Å². The Morgan fingerprint density at radius 1 is 1.26 bits per heavy atom. The number of ether oxygens (including phenoxy) is 1. The summed E-state index contributed by atoms with van der Waals surface area (Å²) in [5, 5.41) is 4.96. The molecule has 1 N–H and O–H groups in total. The molecule has 0 saturated carbocycles. The normalized spacial score (nSPS) is 15.7. The summed E-state index contributed by atoms with van der Waals surface area (Å²) in [7, 11) is 0. The second-order valence-corrected chi connectivity index (χ2v) is 7.25. The van der Waals surface area contributed by atoms with Gasteiger partial charge in [-0.15, -0.1) is 11.3 Å². The third-order valence-corrected chi connectivity index (χ3v) is 5.67. The number of rotatable bonds is 5. The molecule has 0 fully saturated rings. The second kappa shape index (κ2) is 7.37. The first kappa shape index (κ1) is 17.5. The van der Waals surface area contributed by atoms with Crippen molar-refractivity contribution in [2.45, 2.75) is 12.3 Å². The molecule has 1 aliphatic heterocycles. The summed E-state index contributed by atoms with van der Waals surface area (Å²) in [6, 6.07) is 14.2. The van der Waals surface area contributed by atoms with Crippen molar-refractivity contribution in [2.24, 2.45) is 0 Å². The molecule has 1 amide bonds. The molecule has 136 valence electrons. The highest BCUT2D eigenvalue weighted by Crippen LogP contribution is 2.48. The summed E-state index contributed by atoms with van der Waals surface area (Å²) in [5.41, 5.74) is 3.34. The minimum absolute atomic E-state index is 0.0536. The fourth-order valence-electron chi connectivity index (χ4n) is 3.39. The number of halogens is 1. The number of benzene rings is 2. The minimum atomic E-state index is -0.297. The van der Waals surface area contributed by atoms with Crippen LogP contribution >= 0.6 is 11.3 Å². The average molecular weight is 379 g/mol. The molecule has 3 aromatic rings. The number of para-hydroxylation sites is 1. The van der Waals surface area contributed by atoms with Gasteiger partial charge in [-0.1, -0.05) is 43.0 Å². The quantitative estimate of drug-likeness (QED) is 0.587. The van der Waals surface area contributed by atoms with Crippen molar-refractivity contribution in [3.05, 3.63) is 82.8 Å². The average Bonchev–Trinajstić information content (AvgIpc) is 3.09. The fraction of sp³-hybridized carbons (Fsp3) is 0.136. The van der Waals surface area contributed by atoms with E-state index < -0.39 is 0 Å². The summed E-state index contributed by atoms with van der Waals surface area (Å²) in [4.78, 5) is 13.5. The van der Waals surface area contributed by atoms with Gasteiger partial charge in [0, 0.05) is 33.7 Å². The fourth-order valence-corrected chi connectivity index (χ4v) is 4.55. The van der Waals surface area contributed by atoms with Crippen LogP contribution in [0.2, 0.25) is 0 Å². The maximum absolute atomic E-state index is 13.7. The van der Waals surface area contributed by atoms with E-state index in [1.54, 1.807) is 23.5 Å². The largest absolute Gasteiger partial charge is 0.489 e. The molecule has 0 saturated heterocycles. The van der Waals surface area contributed by atoms with Gasteiger partial charge in [0.1, 0.15) is 18.2 Å². The van der Waals surface area contributed by atoms with E-state index >= 15 is 0 Å². The van der Waals surface area contributed by atoms with E-state index in [9.17, 15) is 9.18 Å². The van der Waals surface area contributed by atoms with E-state index in [1.165, 1.54) is 12.1 Å². The molecule has 4 rings (SSSR count). The van der Waals surface area contributed by atoms with Gasteiger partial charge in [0.2, 0.25) is 5.91 Å². The van der Waals surface area contributed by atoms with Gasteiger partial charge in [0.15, 0.2) is 0 Å². The van der Waals surface area contributed by atoms with Crippen LogP contribution < -0.4 is 10.1 Å². The van der Waals surface area contributed by atoms with Crippen molar-refractivity contribution in [3.8, 4) is 16.9 Å². The highest BCUT2D eigenvalue weighted by atomic mass is 32.1. The third kappa shape index (κ3) is 3.38. The lowest BCUT2D eigenvalue weighted by Gasteiger charge is -2.25. The number of hydrogen-bond acceptors (Lipinski definition) is 3. The van der Waals surface area contributed by atoms with Crippen LogP contribution in [0.1, 0.15) is 22.8 Å². The van der Waals surface area contributed by atoms with E-state index in [-0.39, 0.29) is 17.6 Å². The van der Waals surface area contributed by atoms with Crippen LogP contribution in [-0.2, 0) is 4.79 Å². The van der Waals surface area contributed by atoms with Crippen LogP contribution in [0.4, 0.5) is 10.1 Å². The first-order chi connectivity index (χ1) is 13.2. The number of carbonyl (C=O) groups excluding carboxylic acids is 1. The van der Waals surface area contributed by atoms with Gasteiger partial charge in [0.05, 0.1) is 5.69 Å². The maximum Gasteiger partial charge on any atom is 0.225 e. The highest BCUT2D eigenvalue weighted by molar-refractivity contribution is 7.11. The Morgan fingerprint density at radius 2 is 2.11 bits per heavy atom. The molecular weight excluding hydrogens is 361 g/mol. The van der Waals surface area contributed by atoms with E-state index in [0.717, 1.165) is 33.0 Å². The van der Waals surface area contributed by atoms with Crippen LogP contribution in [0.5, 0.6) is 5.75 Å². The minimum Gasteiger partial charge on any atom is -0.489 e. The predicted octanol–water partition coefficient (Wildman–Crippen LogP) is 5.59. The van der Waals surface area contributed by atoms with Crippen LogP contribution in [0.15, 0.2) is 66.6 Å². The van der Waals surface area contributed by atoms with Crippen molar-refractivity contribution in [1.29, 1.82) is 0 Å². The van der Waals surface area contributed by atoms with Crippen molar-refractivity contribution >= 4 is 22.9 Å². The number of carbonyl (C=O) groups is 1. The summed E-state index contributed by atoms with van der Waals surface area (Å²) >= 11 is 1.58. The lowest BCUT2D eigenvalue weighted by molar-refractivity contribution is -0.116. The van der Waals surface area contributed by atoms with Gasteiger partial charge in [-0.3, -0.25) is 4.79 Å². The number of hydrogen-bond donors (Lipinski definition) is 1. The first-order valence-corrected chi connectivity index (χ1v) is 9.55. The molecule has 1 aliphatic rings. The topological polar surface area (TPSA) is 38.3 Å². The SMILES string of the molecule is C=CCOc1ccccc1C1CC(=O)Nc2c(-c3cccc(F)c3)csc21. The smallest absolute Gasteiger partial charge is 0.225 e. The number of anilines is 1. The van der Waals surface area contributed by atoms with Crippen LogP contribution in [0.3, 0.4) is 0 Å². The Balaban J connectivity index is 1.79. The zero-order valence-corrected chi connectivity index (χ0v) is 15.4. The van der Waals surface area contributed by atoms with E-state index in [1.807, 2.05) is 35.7 Å². The molecule has 1 atom stereocenters. The van der Waals surface area contributed by atoms with Gasteiger partial charge in [-0.25, -0.2) is 4.39 Å². The molecule has 0 aliphatic carbocycles. The first-order valence-electron chi connectivity index (χ1n) is 8.67. The van der Waals surface area contributed by atoms with E-state index in [4.69, 9.17) is 4.74 Å². The number of nitrogens with one attached hydrogen (secondary N) is 1. The Bertz CT molecular complexity index is 1010. The molecule has 0 spiro atoms. The molecule has 0 bridgehead atoms. The molecular formula is C22H18FNO2S. The van der Waals surface area contributed by atoms with E-state index in [0.29, 0.717) is 13.0 Å². The monoisotopic (exact) mass is 379 g/mol. The Morgan fingerprint density at radius 3 is 2.93 bits per heavy atom. The second-order valence-electron chi connectivity index (χ2n) is 6.34. The van der Waals surface area contributed by atoms with Crippen LogP contribution in [-0.4, -0.2) is 12.5 Å². The zero-order chi connectivity index (χ0) is 18.8. The summed E-state index contributed by atoms with van der Waals surface area (Å²) < 4.78 is 19.5. The van der Waals surface area contributed by atoms with Gasteiger partial charge < -0.3 is 10.1 Å². The lowest BCUT2D eigenvalue weighted by atomic mass is 9.88. The van der Waals surface area contributed by atoms with Crippen molar-refractivity contribution in [2.75, 3.05) is 11.9 Å². The van der Waals surface area contributed by atoms with E-state index in [2.05, 4.69) is 11.9 Å². The number of thiophene rings is 1. The lowest BCUT2D eigenvalue weighted by Crippen LogP contribution is -2.22. The predicted molar refractivity (Wildman–Crippen MR) is 107 cm³/mol. The van der Waals surface area contributed by atoms with Crippen molar-refractivity contribution in [3.63, 3.8) is 0 Å². The summed E-state index contributed by atoms with van der Waals surface area (Å²) in [6.07, 6.45) is 2.05. The third-order valence-electron chi connectivity index (χ3n) is 4.58. The summed E-state index contributed by atoms with van der Waals surface area (Å²) in [6.45, 7) is 4.10. The van der Waals surface area contributed by atoms with Gasteiger partial charge >= 0.3 is 0 Å². The highest BCUT2D eigenvalue weighted by Gasteiger charge is 2.32. The standard InChI is InChI=1S/C22H18FNO2S/c1-2-10-26-19-9-4-3-8-16(19)17-12-20(25)24-21-18(13-27-22(17)21)14-6-5-7-15(23)11-14/h2-9,11,13,17H,1,10,12H2,(H,24,25). The Kier molecular flexibility index (Phi) is 4.77.